The van der Waals surface area contributed by atoms with Gasteiger partial charge in [-0.1, -0.05) is 42.5 Å². The summed E-state index contributed by atoms with van der Waals surface area (Å²) in [6, 6.07) is 16.3. The Hall–Kier alpha value is -4.07. The summed E-state index contributed by atoms with van der Waals surface area (Å²) in [6.07, 6.45) is 3.12. The van der Waals surface area contributed by atoms with E-state index in [0.717, 1.165) is 5.56 Å². The van der Waals surface area contributed by atoms with Crippen LogP contribution < -0.4 is 16.6 Å². The molecule has 0 saturated carbocycles. The van der Waals surface area contributed by atoms with Crippen molar-refractivity contribution in [2.75, 3.05) is 5.32 Å². The zero-order chi connectivity index (χ0) is 20.2. The largest absolute Gasteiger partial charge is 0.328 e. The van der Waals surface area contributed by atoms with Crippen LogP contribution in [0.15, 0.2) is 76.6 Å². The highest BCUT2D eigenvalue weighted by molar-refractivity contribution is 5.90. The minimum Gasteiger partial charge on any atom is -0.323 e. The lowest BCUT2D eigenvalue weighted by atomic mass is 10.2. The van der Waals surface area contributed by atoms with Crippen LogP contribution in [0.25, 0.3) is 22.3 Å². The van der Waals surface area contributed by atoms with Gasteiger partial charge in [-0.15, -0.1) is 0 Å². The maximum atomic E-state index is 12.3. The number of anilines is 1. The lowest BCUT2D eigenvalue weighted by Gasteiger charge is -2.10. The first kappa shape index (κ1) is 18.3. The fraction of sp³-hybridized carbons (Fsp3) is 0.0952. The van der Waals surface area contributed by atoms with Crippen molar-refractivity contribution in [3.05, 3.63) is 87.8 Å². The standard InChI is InChI=1S/C21H17N5O3/c27-18(24-15-12-22-19(23-13-15)14-6-2-1-3-7-14)10-11-26-17-9-5-4-8-16(17)20(28)25-21(26)29/h1-9,12-13H,10-11H2,(H,24,27)(H,25,28,29). The number of benzene rings is 2. The van der Waals surface area contributed by atoms with Crippen LogP contribution >= 0.6 is 0 Å². The van der Waals surface area contributed by atoms with Crippen LogP contribution in [-0.2, 0) is 11.3 Å². The number of nitrogens with zero attached hydrogens (tertiary/aromatic N) is 3. The number of carbonyl (C=O) groups is 1. The van der Waals surface area contributed by atoms with Gasteiger partial charge in [0, 0.05) is 18.5 Å². The minimum atomic E-state index is -0.544. The molecular weight excluding hydrogens is 370 g/mol. The number of rotatable bonds is 5. The average molecular weight is 387 g/mol. The summed E-state index contributed by atoms with van der Waals surface area (Å²) in [5.41, 5.74) is 0.853. The van der Waals surface area contributed by atoms with Crippen molar-refractivity contribution in [2.24, 2.45) is 0 Å². The molecule has 0 aliphatic heterocycles. The molecule has 2 heterocycles. The fourth-order valence-corrected chi connectivity index (χ4v) is 3.03. The zero-order valence-electron chi connectivity index (χ0n) is 15.3. The van der Waals surface area contributed by atoms with E-state index in [1.54, 1.807) is 24.3 Å². The first-order valence-electron chi connectivity index (χ1n) is 9.01. The molecule has 4 aromatic rings. The van der Waals surface area contributed by atoms with Gasteiger partial charge in [0.1, 0.15) is 0 Å². The van der Waals surface area contributed by atoms with Gasteiger partial charge in [0.05, 0.1) is 29.0 Å². The van der Waals surface area contributed by atoms with Gasteiger partial charge in [-0.05, 0) is 12.1 Å². The Morgan fingerprint density at radius 3 is 2.41 bits per heavy atom. The van der Waals surface area contributed by atoms with Crippen LogP contribution in [0.4, 0.5) is 5.69 Å². The van der Waals surface area contributed by atoms with Crippen molar-refractivity contribution in [1.82, 2.24) is 19.5 Å². The molecule has 0 radical (unpaired) electrons. The number of H-pyrrole nitrogens is 1. The van der Waals surface area contributed by atoms with Crippen LogP contribution in [-0.4, -0.2) is 25.4 Å². The lowest BCUT2D eigenvalue weighted by molar-refractivity contribution is -0.116. The van der Waals surface area contributed by atoms with E-state index >= 15 is 0 Å². The third-order valence-corrected chi connectivity index (χ3v) is 4.44. The van der Waals surface area contributed by atoms with Gasteiger partial charge < -0.3 is 5.32 Å². The zero-order valence-corrected chi connectivity index (χ0v) is 15.3. The molecule has 2 aromatic carbocycles. The Bertz CT molecular complexity index is 1280. The first-order valence-corrected chi connectivity index (χ1v) is 9.01. The van der Waals surface area contributed by atoms with E-state index in [-0.39, 0.29) is 18.9 Å². The number of carbonyl (C=O) groups excluding carboxylic acids is 1. The molecule has 0 aliphatic carbocycles. The molecule has 0 fully saturated rings. The summed E-state index contributed by atoms with van der Waals surface area (Å²) < 4.78 is 1.38. The van der Waals surface area contributed by atoms with Crippen molar-refractivity contribution >= 4 is 22.5 Å². The summed E-state index contributed by atoms with van der Waals surface area (Å²) in [5.74, 6) is 0.276. The molecule has 0 aliphatic rings. The van der Waals surface area contributed by atoms with Crippen LogP contribution in [0.5, 0.6) is 0 Å². The molecule has 144 valence electrons. The normalized spacial score (nSPS) is 10.8. The molecule has 29 heavy (non-hydrogen) atoms. The molecule has 1 amide bonds. The number of para-hydroxylation sites is 1. The SMILES string of the molecule is O=C(CCn1c(=O)[nH]c(=O)c2ccccc21)Nc1cnc(-c2ccccc2)nc1. The number of fused-ring (bicyclic) bond motifs is 1. The lowest BCUT2D eigenvalue weighted by Crippen LogP contribution is -2.31. The molecule has 0 spiro atoms. The number of aromatic nitrogens is 4. The van der Waals surface area contributed by atoms with Gasteiger partial charge in [0.15, 0.2) is 5.82 Å². The van der Waals surface area contributed by atoms with Crippen molar-refractivity contribution in [2.45, 2.75) is 13.0 Å². The predicted molar refractivity (Wildman–Crippen MR) is 110 cm³/mol. The number of aromatic amines is 1. The topological polar surface area (TPSA) is 110 Å². The maximum absolute atomic E-state index is 12.3. The second kappa shape index (κ2) is 7.89. The summed E-state index contributed by atoms with van der Waals surface area (Å²) in [6.45, 7) is 0.130. The molecule has 0 atom stereocenters. The molecule has 0 unspecified atom stereocenters. The first-order chi connectivity index (χ1) is 14.1. The Balaban J connectivity index is 1.45. The van der Waals surface area contributed by atoms with E-state index in [4.69, 9.17) is 0 Å². The van der Waals surface area contributed by atoms with E-state index in [9.17, 15) is 14.4 Å². The van der Waals surface area contributed by atoms with Gasteiger partial charge in [0.2, 0.25) is 5.91 Å². The third-order valence-electron chi connectivity index (χ3n) is 4.44. The Kier molecular flexibility index (Phi) is 4.98. The number of amides is 1. The van der Waals surface area contributed by atoms with Crippen molar-refractivity contribution in [1.29, 1.82) is 0 Å². The van der Waals surface area contributed by atoms with E-state index in [1.807, 2.05) is 30.3 Å². The van der Waals surface area contributed by atoms with Crippen LogP contribution in [0.3, 0.4) is 0 Å². The predicted octanol–water partition coefficient (Wildman–Crippen LogP) is 2.18. The second-order valence-corrected chi connectivity index (χ2v) is 6.39. The van der Waals surface area contributed by atoms with E-state index in [2.05, 4.69) is 20.3 Å². The van der Waals surface area contributed by atoms with E-state index in [1.165, 1.54) is 17.0 Å². The van der Waals surface area contributed by atoms with Crippen molar-refractivity contribution in [3.8, 4) is 11.4 Å². The second-order valence-electron chi connectivity index (χ2n) is 6.39. The van der Waals surface area contributed by atoms with Gasteiger partial charge in [-0.3, -0.25) is 19.1 Å². The Morgan fingerprint density at radius 2 is 1.66 bits per heavy atom. The summed E-state index contributed by atoms with van der Waals surface area (Å²) in [5, 5.41) is 3.12. The summed E-state index contributed by atoms with van der Waals surface area (Å²) >= 11 is 0. The van der Waals surface area contributed by atoms with E-state index in [0.29, 0.717) is 22.4 Å². The minimum absolute atomic E-state index is 0.0520. The van der Waals surface area contributed by atoms with Crippen molar-refractivity contribution in [3.63, 3.8) is 0 Å². The highest BCUT2D eigenvalue weighted by Gasteiger charge is 2.10. The Labute approximate surface area is 164 Å². The highest BCUT2D eigenvalue weighted by atomic mass is 16.2. The van der Waals surface area contributed by atoms with Crippen LogP contribution in [0.2, 0.25) is 0 Å². The van der Waals surface area contributed by atoms with Crippen LogP contribution in [0.1, 0.15) is 6.42 Å². The molecule has 0 bridgehead atoms. The van der Waals surface area contributed by atoms with Crippen molar-refractivity contribution < 1.29 is 4.79 Å². The number of nitrogens with one attached hydrogen (secondary N) is 2. The number of aryl methyl sites for hydroxylation is 1. The molecular formula is C21H17N5O3. The van der Waals surface area contributed by atoms with Gasteiger partial charge in [-0.25, -0.2) is 14.8 Å². The molecule has 4 rings (SSSR count). The molecule has 0 saturated heterocycles. The summed E-state index contributed by atoms with van der Waals surface area (Å²) in [7, 11) is 0. The highest BCUT2D eigenvalue weighted by Crippen LogP contribution is 2.15. The molecule has 8 nitrogen and oxygen atoms in total. The number of hydrogen-bond acceptors (Lipinski definition) is 5. The number of hydrogen-bond donors (Lipinski definition) is 2. The quantitative estimate of drug-likeness (QED) is 0.545. The Morgan fingerprint density at radius 1 is 0.966 bits per heavy atom. The van der Waals surface area contributed by atoms with Gasteiger partial charge in [-0.2, -0.15) is 0 Å². The smallest absolute Gasteiger partial charge is 0.323 e. The third kappa shape index (κ3) is 3.96. The van der Waals surface area contributed by atoms with Gasteiger partial charge in [0.25, 0.3) is 5.56 Å². The monoisotopic (exact) mass is 387 g/mol. The average Bonchev–Trinajstić information content (AvgIpc) is 2.75. The van der Waals surface area contributed by atoms with Crippen LogP contribution in [0, 0.1) is 0 Å². The molecule has 8 heteroatoms. The molecule has 2 N–H and O–H groups in total. The maximum Gasteiger partial charge on any atom is 0.328 e. The van der Waals surface area contributed by atoms with E-state index < -0.39 is 11.2 Å². The fourth-order valence-electron chi connectivity index (χ4n) is 3.03. The van der Waals surface area contributed by atoms with Gasteiger partial charge >= 0.3 is 5.69 Å². The molecule has 2 aromatic heterocycles. The summed E-state index contributed by atoms with van der Waals surface area (Å²) in [4.78, 5) is 47.2.